The van der Waals surface area contributed by atoms with Gasteiger partial charge in [0.25, 0.3) is 11.8 Å². The Morgan fingerprint density at radius 1 is 1.28 bits per heavy atom. The first-order valence-corrected chi connectivity index (χ1v) is 8.43. The molecule has 1 aliphatic heterocycles. The van der Waals surface area contributed by atoms with Crippen molar-refractivity contribution in [1.29, 1.82) is 0 Å². The molecule has 0 aliphatic carbocycles. The van der Waals surface area contributed by atoms with E-state index in [-0.39, 0.29) is 23.3 Å². The molecule has 0 saturated carbocycles. The van der Waals surface area contributed by atoms with Crippen LogP contribution in [0.25, 0.3) is 0 Å². The number of para-hydroxylation sites is 1. The molecule has 0 spiro atoms. The van der Waals surface area contributed by atoms with E-state index in [1.807, 2.05) is 31.2 Å². The van der Waals surface area contributed by atoms with Gasteiger partial charge in [0, 0.05) is 16.8 Å². The largest absolute Gasteiger partial charge is 0.480 e. The van der Waals surface area contributed by atoms with E-state index in [0.717, 1.165) is 17.7 Å². The Labute approximate surface area is 151 Å². The third kappa shape index (κ3) is 3.33. The number of nitrogens with two attached hydrogens (primary N) is 1. The molecule has 1 aliphatic rings. The number of hydrogen-bond donors (Lipinski definition) is 1. The normalized spacial score (nSPS) is 17.1. The number of anilines is 1. The Morgan fingerprint density at radius 3 is 2.72 bits per heavy atom. The number of fused-ring (bicyclic) bond motifs is 1. The average Bonchev–Trinajstić information content (AvgIpc) is 2.91. The van der Waals surface area contributed by atoms with Crippen LogP contribution in [0.4, 0.5) is 5.69 Å². The molecule has 0 saturated heterocycles. The first-order valence-electron chi connectivity index (χ1n) is 8.05. The molecule has 2 aromatic carbocycles. The zero-order chi connectivity index (χ0) is 18.1. The maximum absolute atomic E-state index is 12.9. The molecule has 5 nitrogen and oxygen atoms in total. The van der Waals surface area contributed by atoms with E-state index >= 15 is 0 Å². The maximum Gasteiger partial charge on any atom is 0.268 e. The molecule has 2 amide bonds. The number of carbonyl (C=O) groups is 2. The molecule has 130 valence electrons. The zero-order valence-corrected chi connectivity index (χ0v) is 14.8. The van der Waals surface area contributed by atoms with E-state index in [1.165, 1.54) is 6.07 Å². The van der Waals surface area contributed by atoms with Gasteiger partial charge in [-0.3, -0.25) is 9.59 Å². The molecule has 2 aromatic rings. The summed E-state index contributed by atoms with van der Waals surface area (Å²) in [5.41, 5.74) is 7.57. The highest BCUT2D eigenvalue weighted by Crippen LogP contribution is 2.33. The molecule has 2 N–H and O–H groups in total. The van der Waals surface area contributed by atoms with Crippen LogP contribution in [-0.4, -0.2) is 24.0 Å². The second-order valence-electron chi connectivity index (χ2n) is 6.15. The van der Waals surface area contributed by atoms with Crippen LogP contribution in [0.3, 0.4) is 0 Å². The van der Waals surface area contributed by atoms with Crippen LogP contribution in [0.1, 0.15) is 29.8 Å². The molecule has 25 heavy (non-hydrogen) atoms. The molecule has 0 radical (unpaired) electrons. The summed E-state index contributed by atoms with van der Waals surface area (Å²) in [6.45, 7) is 3.66. The number of amides is 2. The molecule has 1 heterocycles. The first kappa shape index (κ1) is 17.3. The number of carbonyl (C=O) groups excluding carboxylic acids is 2. The highest BCUT2D eigenvalue weighted by molar-refractivity contribution is 6.31. The van der Waals surface area contributed by atoms with Gasteiger partial charge in [-0.15, -0.1) is 0 Å². The standard InChI is InChI=1S/C19H19ClN2O3/c1-11-9-13-5-3-4-6-16(13)22(11)19(24)12(2)25-17-8-7-14(20)10-15(17)18(21)23/h3-8,10-12H,9H2,1-2H3,(H2,21,23)/t11-,12+/m1/s1. The van der Waals surface area contributed by atoms with Gasteiger partial charge in [0.15, 0.2) is 6.10 Å². The Balaban J connectivity index is 1.84. The van der Waals surface area contributed by atoms with Crippen LogP contribution in [0.15, 0.2) is 42.5 Å². The fraction of sp³-hybridized carbons (Fsp3) is 0.263. The molecule has 2 atom stereocenters. The quantitative estimate of drug-likeness (QED) is 0.912. The monoisotopic (exact) mass is 358 g/mol. The highest BCUT2D eigenvalue weighted by Gasteiger charge is 2.34. The van der Waals surface area contributed by atoms with Crippen molar-refractivity contribution in [2.75, 3.05) is 4.90 Å². The Bertz CT molecular complexity index is 837. The number of benzene rings is 2. The first-order chi connectivity index (χ1) is 11.9. The summed E-state index contributed by atoms with van der Waals surface area (Å²) in [7, 11) is 0. The van der Waals surface area contributed by atoms with Crippen molar-refractivity contribution in [3.8, 4) is 5.75 Å². The number of hydrogen-bond acceptors (Lipinski definition) is 3. The van der Waals surface area contributed by atoms with E-state index < -0.39 is 12.0 Å². The van der Waals surface area contributed by atoms with E-state index in [1.54, 1.807) is 24.0 Å². The van der Waals surface area contributed by atoms with Crippen molar-refractivity contribution >= 4 is 29.1 Å². The lowest BCUT2D eigenvalue weighted by molar-refractivity contribution is -0.124. The number of nitrogens with zero attached hydrogens (tertiary/aromatic N) is 1. The van der Waals surface area contributed by atoms with Crippen LogP contribution in [0.2, 0.25) is 5.02 Å². The van der Waals surface area contributed by atoms with Crippen LogP contribution in [0, 0.1) is 0 Å². The second-order valence-corrected chi connectivity index (χ2v) is 6.59. The SMILES string of the molecule is C[C@H](Oc1ccc(Cl)cc1C(N)=O)C(=O)N1c2ccccc2C[C@H]1C. The Morgan fingerprint density at radius 2 is 2.00 bits per heavy atom. The van der Waals surface area contributed by atoms with Crippen molar-refractivity contribution in [2.45, 2.75) is 32.4 Å². The van der Waals surface area contributed by atoms with Crippen LogP contribution in [0.5, 0.6) is 5.75 Å². The van der Waals surface area contributed by atoms with Crippen molar-refractivity contribution in [1.82, 2.24) is 0 Å². The van der Waals surface area contributed by atoms with Crippen LogP contribution >= 0.6 is 11.6 Å². The third-order valence-electron chi connectivity index (χ3n) is 4.30. The zero-order valence-electron chi connectivity index (χ0n) is 14.0. The van der Waals surface area contributed by atoms with Gasteiger partial charge >= 0.3 is 0 Å². The van der Waals surface area contributed by atoms with Crippen molar-refractivity contribution in [3.63, 3.8) is 0 Å². The minimum atomic E-state index is -0.770. The second kappa shape index (κ2) is 6.76. The highest BCUT2D eigenvalue weighted by atomic mass is 35.5. The minimum absolute atomic E-state index is 0.0526. The molecular formula is C19H19ClN2O3. The number of rotatable bonds is 4. The van der Waals surface area contributed by atoms with Crippen molar-refractivity contribution < 1.29 is 14.3 Å². The van der Waals surface area contributed by atoms with E-state index in [9.17, 15) is 9.59 Å². The predicted molar refractivity (Wildman–Crippen MR) is 97.2 cm³/mol. The van der Waals surface area contributed by atoms with Gasteiger partial charge in [-0.25, -0.2) is 0 Å². The van der Waals surface area contributed by atoms with Gasteiger partial charge < -0.3 is 15.4 Å². The Hall–Kier alpha value is -2.53. The topological polar surface area (TPSA) is 72.6 Å². The molecule has 0 bridgehead atoms. The van der Waals surface area contributed by atoms with Crippen LogP contribution < -0.4 is 15.4 Å². The fourth-order valence-electron chi connectivity index (χ4n) is 3.14. The smallest absolute Gasteiger partial charge is 0.268 e. The summed E-state index contributed by atoms with van der Waals surface area (Å²) in [4.78, 5) is 26.3. The summed E-state index contributed by atoms with van der Waals surface area (Å²) >= 11 is 5.90. The van der Waals surface area contributed by atoms with Gasteiger partial charge in [0.05, 0.1) is 5.56 Å². The molecule has 0 fully saturated rings. The lowest BCUT2D eigenvalue weighted by Gasteiger charge is -2.26. The summed E-state index contributed by atoms with van der Waals surface area (Å²) in [6.07, 6.45) is 0.0372. The minimum Gasteiger partial charge on any atom is -0.480 e. The number of halogens is 1. The summed E-state index contributed by atoms with van der Waals surface area (Å²) < 4.78 is 5.75. The molecular weight excluding hydrogens is 340 g/mol. The van der Waals surface area contributed by atoms with Gasteiger partial charge in [-0.1, -0.05) is 29.8 Å². The molecule has 3 rings (SSSR count). The lowest BCUT2D eigenvalue weighted by Crippen LogP contribution is -2.43. The molecule has 0 unspecified atom stereocenters. The Kier molecular flexibility index (Phi) is 4.68. The van der Waals surface area contributed by atoms with Gasteiger partial charge in [0.2, 0.25) is 0 Å². The summed E-state index contributed by atoms with van der Waals surface area (Å²) in [6, 6.07) is 12.5. The fourth-order valence-corrected chi connectivity index (χ4v) is 3.31. The average molecular weight is 359 g/mol. The van der Waals surface area contributed by atoms with Gasteiger partial charge in [0.1, 0.15) is 5.75 Å². The van der Waals surface area contributed by atoms with E-state index in [4.69, 9.17) is 22.1 Å². The van der Waals surface area contributed by atoms with E-state index in [0.29, 0.717) is 5.02 Å². The van der Waals surface area contributed by atoms with Crippen LogP contribution in [-0.2, 0) is 11.2 Å². The third-order valence-corrected chi connectivity index (χ3v) is 4.54. The number of ether oxygens (including phenoxy) is 1. The summed E-state index contributed by atoms with van der Waals surface area (Å²) in [5, 5.41) is 0.377. The van der Waals surface area contributed by atoms with Crippen molar-refractivity contribution in [2.24, 2.45) is 5.73 Å². The summed E-state index contributed by atoms with van der Waals surface area (Å²) in [5.74, 6) is -0.572. The molecule has 0 aromatic heterocycles. The lowest BCUT2D eigenvalue weighted by atomic mass is 10.1. The molecule has 6 heteroatoms. The number of primary amides is 1. The van der Waals surface area contributed by atoms with Gasteiger partial charge in [-0.05, 0) is 50.1 Å². The van der Waals surface area contributed by atoms with E-state index in [2.05, 4.69) is 0 Å². The van der Waals surface area contributed by atoms with Gasteiger partial charge in [-0.2, -0.15) is 0 Å². The predicted octanol–water partition coefficient (Wildman–Crippen LogP) is 3.18. The maximum atomic E-state index is 12.9. The van der Waals surface area contributed by atoms with Crippen molar-refractivity contribution in [3.05, 3.63) is 58.6 Å².